The molecule has 2 fully saturated rings. The second kappa shape index (κ2) is 10.2. The van der Waals surface area contributed by atoms with Gasteiger partial charge >= 0.3 is 0 Å². The SMILES string of the molecule is CC(=O)Nc1ccc(C(=O)N(C2CC2)C2CCC(CN)(c3cccc(Cl)c3)CC2)cn1.Cl. The Morgan fingerprint density at radius 3 is 2.38 bits per heavy atom. The first-order valence-electron chi connectivity index (χ1n) is 10.9. The number of nitrogens with two attached hydrogens (primary N) is 1. The number of nitrogens with zero attached hydrogens (tertiary/aromatic N) is 2. The number of hydrogen-bond donors (Lipinski definition) is 2. The van der Waals surface area contributed by atoms with Crippen molar-refractivity contribution in [2.75, 3.05) is 11.9 Å². The third kappa shape index (κ3) is 5.25. The summed E-state index contributed by atoms with van der Waals surface area (Å²) in [6, 6.07) is 12.0. The zero-order chi connectivity index (χ0) is 22.0. The van der Waals surface area contributed by atoms with Crippen molar-refractivity contribution in [2.24, 2.45) is 5.73 Å². The predicted molar refractivity (Wildman–Crippen MR) is 129 cm³/mol. The van der Waals surface area contributed by atoms with Crippen LogP contribution in [0.25, 0.3) is 0 Å². The van der Waals surface area contributed by atoms with Crippen molar-refractivity contribution in [3.63, 3.8) is 0 Å². The summed E-state index contributed by atoms with van der Waals surface area (Å²) >= 11 is 6.24. The van der Waals surface area contributed by atoms with Crippen LogP contribution < -0.4 is 11.1 Å². The van der Waals surface area contributed by atoms with Gasteiger partial charge in [-0.3, -0.25) is 9.59 Å². The van der Waals surface area contributed by atoms with E-state index in [0.29, 0.717) is 24.0 Å². The number of anilines is 1. The van der Waals surface area contributed by atoms with Crippen LogP contribution in [0.2, 0.25) is 5.02 Å². The molecule has 2 aliphatic carbocycles. The van der Waals surface area contributed by atoms with Crippen LogP contribution in [-0.4, -0.2) is 40.3 Å². The molecular weight excluding hydrogens is 447 g/mol. The van der Waals surface area contributed by atoms with Crippen molar-refractivity contribution in [1.82, 2.24) is 9.88 Å². The van der Waals surface area contributed by atoms with Gasteiger partial charge < -0.3 is 16.0 Å². The molecule has 32 heavy (non-hydrogen) atoms. The minimum Gasteiger partial charge on any atom is -0.333 e. The van der Waals surface area contributed by atoms with E-state index in [4.69, 9.17) is 17.3 Å². The van der Waals surface area contributed by atoms with Gasteiger partial charge in [0.05, 0.1) is 5.56 Å². The average molecular weight is 477 g/mol. The van der Waals surface area contributed by atoms with Gasteiger partial charge in [0, 0.05) is 42.2 Å². The number of halogens is 2. The lowest BCUT2D eigenvalue weighted by molar-refractivity contribution is -0.114. The zero-order valence-electron chi connectivity index (χ0n) is 18.2. The number of amides is 2. The lowest BCUT2D eigenvalue weighted by Gasteiger charge is -2.44. The van der Waals surface area contributed by atoms with E-state index >= 15 is 0 Å². The Bertz CT molecular complexity index is 955. The van der Waals surface area contributed by atoms with Gasteiger partial charge in [-0.2, -0.15) is 0 Å². The minimum absolute atomic E-state index is 0. The second-order valence-corrected chi connectivity index (χ2v) is 9.22. The van der Waals surface area contributed by atoms with E-state index in [1.54, 1.807) is 18.3 Å². The van der Waals surface area contributed by atoms with Crippen molar-refractivity contribution in [1.29, 1.82) is 0 Å². The van der Waals surface area contributed by atoms with Crippen LogP contribution in [0.5, 0.6) is 0 Å². The number of rotatable bonds is 6. The number of carbonyl (C=O) groups is 2. The summed E-state index contributed by atoms with van der Waals surface area (Å²) in [4.78, 5) is 30.9. The average Bonchev–Trinajstić information content (AvgIpc) is 3.60. The predicted octanol–water partition coefficient (Wildman–Crippen LogP) is 4.56. The second-order valence-electron chi connectivity index (χ2n) is 8.78. The molecule has 172 valence electrons. The van der Waals surface area contributed by atoms with E-state index in [1.165, 1.54) is 12.5 Å². The van der Waals surface area contributed by atoms with E-state index in [2.05, 4.69) is 21.3 Å². The number of aromatic nitrogens is 1. The van der Waals surface area contributed by atoms with Gasteiger partial charge in [0.2, 0.25) is 5.91 Å². The minimum atomic E-state index is -0.184. The Morgan fingerprint density at radius 1 is 1.16 bits per heavy atom. The molecule has 2 amide bonds. The molecular formula is C24H30Cl2N4O2. The lowest BCUT2D eigenvalue weighted by Crippen LogP contribution is -2.48. The van der Waals surface area contributed by atoms with Gasteiger partial charge in [-0.15, -0.1) is 12.4 Å². The van der Waals surface area contributed by atoms with Gasteiger partial charge in [0.1, 0.15) is 5.82 Å². The first-order valence-corrected chi connectivity index (χ1v) is 11.3. The van der Waals surface area contributed by atoms with Gasteiger partial charge in [-0.1, -0.05) is 23.7 Å². The summed E-state index contributed by atoms with van der Waals surface area (Å²) in [6.45, 7) is 2.01. The number of benzene rings is 1. The summed E-state index contributed by atoms with van der Waals surface area (Å²) in [7, 11) is 0. The molecule has 0 bridgehead atoms. The molecule has 1 heterocycles. The van der Waals surface area contributed by atoms with Crippen molar-refractivity contribution in [3.05, 3.63) is 58.7 Å². The van der Waals surface area contributed by atoms with Gasteiger partial charge in [-0.25, -0.2) is 4.98 Å². The third-order valence-corrected chi connectivity index (χ3v) is 6.86. The molecule has 0 spiro atoms. The fraction of sp³-hybridized carbons (Fsp3) is 0.458. The van der Waals surface area contributed by atoms with Crippen molar-refractivity contribution in [3.8, 4) is 0 Å². The largest absolute Gasteiger partial charge is 0.333 e. The van der Waals surface area contributed by atoms with Crippen LogP contribution in [-0.2, 0) is 10.2 Å². The molecule has 8 heteroatoms. The normalized spacial score (nSPS) is 22.5. The molecule has 0 atom stereocenters. The van der Waals surface area contributed by atoms with Crippen LogP contribution in [0.3, 0.4) is 0 Å². The Labute approximate surface area is 200 Å². The van der Waals surface area contributed by atoms with Crippen molar-refractivity contribution >= 4 is 41.6 Å². The summed E-state index contributed by atoms with van der Waals surface area (Å²) in [5.41, 5.74) is 7.93. The first kappa shape index (κ1) is 24.5. The number of pyridine rings is 1. The fourth-order valence-corrected chi connectivity index (χ4v) is 4.96. The fourth-order valence-electron chi connectivity index (χ4n) is 4.77. The molecule has 2 aliphatic rings. The highest BCUT2D eigenvalue weighted by atomic mass is 35.5. The smallest absolute Gasteiger partial charge is 0.255 e. The molecule has 2 aromatic rings. The van der Waals surface area contributed by atoms with Crippen LogP contribution in [0, 0.1) is 0 Å². The van der Waals surface area contributed by atoms with Crippen LogP contribution in [0.4, 0.5) is 5.82 Å². The monoisotopic (exact) mass is 476 g/mol. The quantitative estimate of drug-likeness (QED) is 0.639. The lowest BCUT2D eigenvalue weighted by atomic mass is 9.68. The molecule has 0 aliphatic heterocycles. The molecule has 6 nitrogen and oxygen atoms in total. The highest BCUT2D eigenvalue weighted by Crippen LogP contribution is 2.43. The number of nitrogens with one attached hydrogen (secondary N) is 1. The maximum atomic E-state index is 13.4. The molecule has 0 unspecified atom stereocenters. The molecule has 0 radical (unpaired) electrons. The van der Waals surface area contributed by atoms with Gasteiger partial charge in [-0.05, 0) is 68.4 Å². The molecule has 1 aromatic carbocycles. The van der Waals surface area contributed by atoms with Crippen LogP contribution >= 0.6 is 24.0 Å². The summed E-state index contributed by atoms with van der Waals surface area (Å²) < 4.78 is 0. The standard InChI is InChI=1S/C24H29ClN4O2.ClH/c1-16(30)28-22-8-5-17(14-27-22)23(31)29(20-6-7-20)21-9-11-24(15-26,12-10-21)18-3-2-4-19(25)13-18;/h2-5,8,13-14,20-21H,6-7,9-12,15,26H2,1H3,(H,27,28,30);1H. The van der Waals surface area contributed by atoms with Crippen LogP contribution in [0.1, 0.15) is 61.4 Å². The molecule has 1 aromatic heterocycles. The van der Waals surface area contributed by atoms with Crippen molar-refractivity contribution in [2.45, 2.75) is 62.9 Å². The van der Waals surface area contributed by atoms with Gasteiger partial charge in [0.25, 0.3) is 5.91 Å². The summed E-state index contributed by atoms with van der Waals surface area (Å²) in [5.74, 6) is 0.294. The van der Waals surface area contributed by atoms with E-state index in [-0.39, 0.29) is 35.7 Å². The Hall–Kier alpha value is -2.15. The maximum Gasteiger partial charge on any atom is 0.255 e. The number of hydrogen-bond acceptors (Lipinski definition) is 4. The van der Waals surface area contributed by atoms with E-state index in [9.17, 15) is 9.59 Å². The maximum absolute atomic E-state index is 13.4. The topological polar surface area (TPSA) is 88.3 Å². The molecule has 0 saturated heterocycles. The summed E-state index contributed by atoms with van der Waals surface area (Å²) in [6.07, 6.45) is 7.37. The van der Waals surface area contributed by atoms with Crippen molar-refractivity contribution < 1.29 is 9.59 Å². The molecule has 2 saturated carbocycles. The Balaban J connectivity index is 0.00000289. The molecule has 4 rings (SSSR count). The van der Waals surface area contributed by atoms with E-state index < -0.39 is 0 Å². The van der Waals surface area contributed by atoms with Gasteiger partial charge in [0.15, 0.2) is 0 Å². The Morgan fingerprint density at radius 2 is 1.84 bits per heavy atom. The zero-order valence-corrected chi connectivity index (χ0v) is 19.8. The first-order chi connectivity index (χ1) is 14.9. The van der Waals surface area contributed by atoms with E-state index in [0.717, 1.165) is 43.5 Å². The highest BCUT2D eigenvalue weighted by molar-refractivity contribution is 6.30. The highest BCUT2D eigenvalue weighted by Gasteiger charge is 2.43. The molecule has 3 N–H and O–H groups in total. The third-order valence-electron chi connectivity index (χ3n) is 6.62. The van der Waals surface area contributed by atoms with E-state index in [1.807, 2.05) is 18.2 Å². The Kier molecular flexibility index (Phi) is 7.80. The number of carbonyl (C=O) groups excluding carboxylic acids is 2. The summed E-state index contributed by atoms with van der Waals surface area (Å²) in [5, 5.41) is 3.37. The van der Waals surface area contributed by atoms with Crippen LogP contribution in [0.15, 0.2) is 42.6 Å².